The fraction of sp³-hybridized carbons (Fsp3) is 0.133. The molecule has 3 nitrogen and oxygen atoms in total. The maximum Gasteiger partial charge on any atom is 0.137 e. The number of hydrogen-bond donors (Lipinski definition) is 1. The molecule has 0 amide bonds. The summed E-state index contributed by atoms with van der Waals surface area (Å²) in [5, 5.41) is 10.9. The Hall–Kier alpha value is -1.84. The van der Waals surface area contributed by atoms with Crippen LogP contribution in [0.4, 0.5) is 0 Å². The number of rotatable bonds is 3. The summed E-state index contributed by atoms with van der Waals surface area (Å²) < 4.78 is 1.90. The SMILES string of the molecule is OC(Cc1cccc(Cl)c1)c1cn2ccccc2n1. The van der Waals surface area contributed by atoms with Crippen molar-refractivity contribution in [3.05, 3.63) is 71.1 Å². The first-order valence-corrected chi connectivity index (χ1v) is 6.46. The predicted octanol–water partition coefficient (Wildman–Crippen LogP) is 3.26. The van der Waals surface area contributed by atoms with Crippen LogP contribution in [0.3, 0.4) is 0 Å². The van der Waals surface area contributed by atoms with Crippen LogP contribution in [0.15, 0.2) is 54.9 Å². The fourth-order valence-corrected chi connectivity index (χ4v) is 2.32. The fourth-order valence-electron chi connectivity index (χ4n) is 2.11. The van der Waals surface area contributed by atoms with Crippen LogP contribution in [0.25, 0.3) is 5.65 Å². The van der Waals surface area contributed by atoms with E-state index < -0.39 is 6.10 Å². The Bertz CT molecular complexity index is 675. The molecule has 1 atom stereocenters. The summed E-state index contributed by atoms with van der Waals surface area (Å²) in [6, 6.07) is 13.3. The van der Waals surface area contributed by atoms with E-state index in [1.165, 1.54) is 0 Å². The Morgan fingerprint density at radius 1 is 1.21 bits per heavy atom. The van der Waals surface area contributed by atoms with Crippen molar-refractivity contribution < 1.29 is 5.11 Å². The van der Waals surface area contributed by atoms with Gasteiger partial charge in [0.1, 0.15) is 11.8 Å². The van der Waals surface area contributed by atoms with Crippen molar-refractivity contribution in [2.24, 2.45) is 0 Å². The van der Waals surface area contributed by atoms with E-state index in [0.29, 0.717) is 17.1 Å². The number of hydrogen-bond acceptors (Lipinski definition) is 2. The Balaban J connectivity index is 1.85. The summed E-state index contributed by atoms with van der Waals surface area (Å²) in [5.41, 5.74) is 2.51. The number of imidazole rings is 1. The van der Waals surface area contributed by atoms with Gasteiger partial charge in [-0.2, -0.15) is 0 Å². The first kappa shape index (κ1) is 12.2. The number of aromatic nitrogens is 2. The molecule has 2 aromatic heterocycles. The largest absolute Gasteiger partial charge is 0.386 e. The third-order valence-electron chi connectivity index (χ3n) is 3.04. The summed E-state index contributed by atoms with van der Waals surface area (Å²) in [6.45, 7) is 0. The van der Waals surface area contributed by atoms with Gasteiger partial charge in [0.05, 0.1) is 5.69 Å². The molecule has 4 heteroatoms. The number of halogens is 1. The van der Waals surface area contributed by atoms with Crippen LogP contribution in [0.1, 0.15) is 17.4 Å². The number of nitrogens with zero attached hydrogens (tertiary/aromatic N) is 2. The Labute approximate surface area is 116 Å². The third kappa shape index (κ3) is 2.62. The number of fused-ring (bicyclic) bond motifs is 1. The lowest BCUT2D eigenvalue weighted by atomic mass is 10.1. The van der Waals surface area contributed by atoms with E-state index in [-0.39, 0.29) is 0 Å². The van der Waals surface area contributed by atoms with Gasteiger partial charge in [-0.15, -0.1) is 0 Å². The van der Waals surface area contributed by atoms with Gasteiger partial charge in [-0.1, -0.05) is 29.8 Å². The molecule has 0 aliphatic rings. The molecule has 1 N–H and O–H groups in total. The predicted molar refractivity (Wildman–Crippen MR) is 75.3 cm³/mol. The minimum Gasteiger partial charge on any atom is -0.386 e. The van der Waals surface area contributed by atoms with Crippen molar-refractivity contribution in [2.75, 3.05) is 0 Å². The molecular formula is C15H13ClN2O. The lowest BCUT2D eigenvalue weighted by Gasteiger charge is -2.07. The zero-order valence-electron chi connectivity index (χ0n) is 10.2. The van der Waals surface area contributed by atoms with Gasteiger partial charge in [-0.05, 0) is 29.8 Å². The first-order chi connectivity index (χ1) is 9.22. The monoisotopic (exact) mass is 272 g/mol. The van der Waals surface area contributed by atoms with Gasteiger partial charge in [0, 0.05) is 23.8 Å². The zero-order valence-corrected chi connectivity index (χ0v) is 11.0. The number of aliphatic hydroxyl groups is 1. The van der Waals surface area contributed by atoms with E-state index in [1.54, 1.807) is 0 Å². The third-order valence-corrected chi connectivity index (χ3v) is 3.28. The quantitative estimate of drug-likeness (QED) is 0.795. The van der Waals surface area contributed by atoms with Crippen LogP contribution in [0.5, 0.6) is 0 Å². The Morgan fingerprint density at radius 3 is 2.89 bits per heavy atom. The molecule has 0 saturated heterocycles. The summed E-state index contributed by atoms with van der Waals surface area (Å²) in [7, 11) is 0. The zero-order chi connectivity index (χ0) is 13.2. The van der Waals surface area contributed by atoms with Crippen LogP contribution in [0.2, 0.25) is 5.02 Å². The molecule has 19 heavy (non-hydrogen) atoms. The molecular weight excluding hydrogens is 260 g/mol. The summed E-state index contributed by atoms with van der Waals surface area (Å²) >= 11 is 5.94. The molecule has 0 radical (unpaired) electrons. The molecule has 0 aliphatic carbocycles. The van der Waals surface area contributed by atoms with Gasteiger partial charge in [0.2, 0.25) is 0 Å². The summed E-state index contributed by atoms with van der Waals surface area (Å²) in [5.74, 6) is 0. The molecule has 3 aromatic rings. The van der Waals surface area contributed by atoms with Crippen molar-refractivity contribution in [1.29, 1.82) is 0 Å². The highest BCUT2D eigenvalue weighted by Crippen LogP contribution is 2.20. The molecule has 0 aliphatic heterocycles. The standard InChI is InChI=1S/C15H13ClN2O/c16-12-5-3-4-11(8-12)9-14(19)13-10-18-7-2-1-6-15(18)17-13/h1-8,10,14,19H,9H2. The van der Waals surface area contributed by atoms with Crippen LogP contribution < -0.4 is 0 Å². The summed E-state index contributed by atoms with van der Waals surface area (Å²) in [6.07, 6.45) is 3.64. The van der Waals surface area contributed by atoms with Gasteiger partial charge >= 0.3 is 0 Å². The molecule has 96 valence electrons. The Kier molecular flexibility index (Phi) is 3.23. The van der Waals surface area contributed by atoms with E-state index in [9.17, 15) is 5.11 Å². The maximum absolute atomic E-state index is 10.2. The average molecular weight is 273 g/mol. The highest BCUT2D eigenvalue weighted by atomic mass is 35.5. The smallest absolute Gasteiger partial charge is 0.137 e. The van der Waals surface area contributed by atoms with Gasteiger partial charge in [0.25, 0.3) is 0 Å². The maximum atomic E-state index is 10.2. The van der Waals surface area contributed by atoms with Crippen LogP contribution >= 0.6 is 11.6 Å². The van der Waals surface area contributed by atoms with Crippen LogP contribution in [0, 0.1) is 0 Å². The lowest BCUT2D eigenvalue weighted by molar-refractivity contribution is 0.174. The highest BCUT2D eigenvalue weighted by molar-refractivity contribution is 6.30. The van der Waals surface area contributed by atoms with E-state index in [0.717, 1.165) is 11.2 Å². The Morgan fingerprint density at radius 2 is 2.11 bits per heavy atom. The molecule has 1 aromatic carbocycles. The molecule has 0 saturated carbocycles. The second-order valence-corrected chi connectivity index (χ2v) is 4.92. The van der Waals surface area contributed by atoms with Crippen LogP contribution in [-0.4, -0.2) is 14.5 Å². The van der Waals surface area contributed by atoms with Gasteiger partial charge in [-0.25, -0.2) is 4.98 Å². The lowest BCUT2D eigenvalue weighted by Crippen LogP contribution is -2.02. The van der Waals surface area contributed by atoms with E-state index >= 15 is 0 Å². The topological polar surface area (TPSA) is 37.5 Å². The van der Waals surface area contributed by atoms with E-state index in [2.05, 4.69) is 4.98 Å². The van der Waals surface area contributed by atoms with Crippen molar-refractivity contribution in [1.82, 2.24) is 9.38 Å². The second-order valence-electron chi connectivity index (χ2n) is 4.48. The highest BCUT2D eigenvalue weighted by Gasteiger charge is 2.12. The van der Waals surface area contributed by atoms with Crippen molar-refractivity contribution in [2.45, 2.75) is 12.5 Å². The molecule has 1 unspecified atom stereocenters. The van der Waals surface area contributed by atoms with Crippen molar-refractivity contribution >= 4 is 17.2 Å². The molecule has 0 fully saturated rings. The van der Waals surface area contributed by atoms with Gasteiger partial charge < -0.3 is 9.51 Å². The molecule has 3 rings (SSSR count). The molecule has 0 bridgehead atoms. The van der Waals surface area contributed by atoms with Crippen molar-refractivity contribution in [3.8, 4) is 0 Å². The second kappa shape index (κ2) is 5.03. The summed E-state index contributed by atoms with van der Waals surface area (Å²) in [4.78, 5) is 4.41. The normalized spacial score (nSPS) is 12.7. The number of aliphatic hydroxyl groups excluding tert-OH is 1. The first-order valence-electron chi connectivity index (χ1n) is 6.08. The number of pyridine rings is 1. The van der Waals surface area contributed by atoms with Gasteiger partial charge in [-0.3, -0.25) is 0 Å². The molecule has 2 heterocycles. The van der Waals surface area contributed by atoms with E-state index in [4.69, 9.17) is 11.6 Å². The average Bonchev–Trinajstić information content (AvgIpc) is 2.82. The molecule has 0 spiro atoms. The van der Waals surface area contributed by atoms with Gasteiger partial charge in [0.15, 0.2) is 0 Å². The van der Waals surface area contributed by atoms with Crippen molar-refractivity contribution in [3.63, 3.8) is 0 Å². The minimum atomic E-state index is -0.627. The van der Waals surface area contributed by atoms with Crippen LogP contribution in [-0.2, 0) is 6.42 Å². The minimum absolute atomic E-state index is 0.504. The van der Waals surface area contributed by atoms with E-state index in [1.807, 2.05) is 59.3 Å². The number of benzene rings is 1.